The first kappa shape index (κ1) is 9.51. The maximum absolute atomic E-state index is 5.18. The molecule has 0 saturated heterocycles. The summed E-state index contributed by atoms with van der Waals surface area (Å²) in [5.74, 6) is 6.01. The number of methoxy groups -OCH3 is 1. The molecule has 0 bridgehead atoms. The summed E-state index contributed by atoms with van der Waals surface area (Å²) in [5, 5.41) is 0. The highest BCUT2D eigenvalue weighted by molar-refractivity contribution is 9.10. The number of nitrogens with one attached hydrogen (secondary N) is 1. The Labute approximate surface area is 80.0 Å². The van der Waals surface area contributed by atoms with Crippen LogP contribution in [0.5, 0.6) is 5.75 Å². The molecule has 0 aromatic heterocycles. The fourth-order valence-electron chi connectivity index (χ4n) is 0.938. The molecule has 0 aliphatic carbocycles. The summed E-state index contributed by atoms with van der Waals surface area (Å²) in [5.41, 5.74) is 3.70. The minimum atomic E-state index is 0.655. The lowest BCUT2D eigenvalue weighted by atomic mass is 10.2. The number of benzene rings is 1. The third kappa shape index (κ3) is 2.20. The largest absolute Gasteiger partial charge is 0.496 e. The van der Waals surface area contributed by atoms with Crippen molar-refractivity contribution in [2.45, 2.75) is 6.54 Å². The molecule has 0 spiro atoms. The molecule has 4 heteroatoms. The second-order valence-corrected chi connectivity index (χ2v) is 3.20. The molecular formula is C8H11BrN2O. The highest BCUT2D eigenvalue weighted by atomic mass is 79.9. The van der Waals surface area contributed by atoms with E-state index in [0.29, 0.717) is 6.54 Å². The number of ether oxygens (including phenoxy) is 1. The molecule has 3 nitrogen and oxygen atoms in total. The van der Waals surface area contributed by atoms with Crippen molar-refractivity contribution in [2.24, 2.45) is 5.84 Å². The van der Waals surface area contributed by atoms with E-state index in [2.05, 4.69) is 21.4 Å². The maximum Gasteiger partial charge on any atom is 0.133 e. The van der Waals surface area contributed by atoms with Crippen LogP contribution < -0.4 is 16.0 Å². The Morgan fingerprint density at radius 2 is 2.33 bits per heavy atom. The molecule has 66 valence electrons. The summed E-state index contributed by atoms with van der Waals surface area (Å²) in [6.45, 7) is 0.655. The first-order valence-electron chi connectivity index (χ1n) is 3.54. The summed E-state index contributed by atoms with van der Waals surface area (Å²) in [7, 11) is 1.64. The predicted octanol–water partition coefficient (Wildman–Crippen LogP) is 1.42. The summed E-state index contributed by atoms with van der Waals surface area (Å²) < 4.78 is 6.02. The number of rotatable bonds is 3. The molecule has 0 unspecified atom stereocenters. The van der Waals surface area contributed by atoms with Gasteiger partial charge in [0.05, 0.1) is 11.6 Å². The van der Waals surface area contributed by atoms with Crippen LogP contribution in [0.1, 0.15) is 5.56 Å². The van der Waals surface area contributed by atoms with Gasteiger partial charge in [0.2, 0.25) is 0 Å². The average Bonchev–Trinajstić information content (AvgIpc) is 2.05. The number of hydrogen-bond acceptors (Lipinski definition) is 3. The van der Waals surface area contributed by atoms with Gasteiger partial charge in [-0.1, -0.05) is 6.07 Å². The quantitative estimate of drug-likeness (QED) is 0.610. The second-order valence-electron chi connectivity index (χ2n) is 2.35. The van der Waals surface area contributed by atoms with Gasteiger partial charge in [-0.05, 0) is 33.6 Å². The van der Waals surface area contributed by atoms with Gasteiger partial charge in [-0.25, -0.2) is 0 Å². The van der Waals surface area contributed by atoms with E-state index in [1.807, 2.05) is 18.2 Å². The first-order chi connectivity index (χ1) is 5.77. The van der Waals surface area contributed by atoms with Crippen molar-refractivity contribution in [3.05, 3.63) is 28.2 Å². The molecule has 0 fully saturated rings. The van der Waals surface area contributed by atoms with E-state index in [4.69, 9.17) is 10.6 Å². The van der Waals surface area contributed by atoms with Crippen molar-refractivity contribution < 1.29 is 4.74 Å². The van der Waals surface area contributed by atoms with Crippen LogP contribution in [-0.4, -0.2) is 7.11 Å². The van der Waals surface area contributed by atoms with Crippen molar-refractivity contribution in [1.82, 2.24) is 5.43 Å². The van der Waals surface area contributed by atoms with Gasteiger partial charge in [0, 0.05) is 6.54 Å². The van der Waals surface area contributed by atoms with Crippen LogP contribution in [0.3, 0.4) is 0 Å². The number of halogens is 1. The van der Waals surface area contributed by atoms with Crippen molar-refractivity contribution in [2.75, 3.05) is 7.11 Å². The van der Waals surface area contributed by atoms with Crippen LogP contribution in [0.25, 0.3) is 0 Å². The van der Waals surface area contributed by atoms with Crippen molar-refractivity contribution in [1.29, 1.82) is 0 Å². The molecule has 0 heterocycles. The maximum atomic E-state index is 5.18. The Morgan fingerprint density at radius 3 is 2.83 bits per heavy atom. The monoisotopic (exact) mass is 230 g/mol. The molecule has 0 saturated carbocycles. The zero-order valence-electron chi connectivity index (χ0n) is 6.80. The third-order valence-electron chi connectivity index (χ3n) is 1.52. The SMILES string of the molecule is COc1ccc(CNN)cc1Br. The zero-order valence-corrected chi connectivity index (χ0v) is 8.39. The molecule has 0 aliphatic rings. The van der Waals surface area contributed by atoms with Gasteiger partial charge in [0.25, 0.3) is 0 Å². The second kappa shape index (κ2) is 4.45. The molecule has 1 rings (SSSR count). The smallest absolute Gasteiger partial charge is 0.133 e. The average molecular weight is 231 g/mol. The molecule has 1 aromatic rings. The fourth-order valence-corrected chi connectivity index (χ4v) is 1.53. The van der Waals surface area contributed by atoms with Gasteiger partial charge in [-0.2, -0.15) is 0 Å². The molecule has 12 heavy (non-hydrogen) atoms. The lowest BCUT2D eigenvalue weighted by molar-refractivity contribution is 0.412. The Hall–Kier alpha value is -0.580. The van der Waals surface area contributed by atoms with Gasteiger partial charge < -0.3 is 4.74 Å². The fraction of sp³-hybridized carbons (Fsp3) is 0.250. The van der Waals surface area contributed by atoms with Crippen LogP contribution >= 0.6 is 15.9 Å². The van der Waals surface area contributed by atoms with Crippen molar-refractivity contribution in [3.8, 4) is 5.75 Å². The summed E-state index contributed by atoms with van der Waals surface area (Å²) in [4.78, 5) is 0. The molecule has 0 aliphatic heterocycles. The van der Waals surface area contributed by atoms with E-state index in [0.717, 1.165) is 15.8 Å². The van der Waals surface area contributed by atoms with Gasteiger partial charge in [0.15, 0.2) is 0 Å². The number of hydrogen-bond donors (Lipinski definition) is 2. The minimum Gasteiger partial charge on any atom is -0.496 e. The third-order valence-corrected chi connectivity index (χ3v) is 2.14. The van der Waals surface area contributed by atoms with E-state index in [9.17, 15) is 0 Å². The summed E-state index contributed by atoms with van der Waals surface area (Å²) in [6, 6.07) is 5.83. The topological polar surface area (TPSA) is 47.3 Å². The van der Waals surface area contributed by atoms with Gasteiger partial charge in [-0.3, -0.25) is 11.3 Å². The summed E-state index contributed by atoms with van der Waals surface area (Å²) in [6.07, 6.45) is 0. The molecule has 0 radical (unpaired) electrons. The van der Waals surface area contributed by atoms with E-state index in [1.165, 1.54) is 0 Å². The van der Waals surface area contributed by atoms with Crippen LogP contribution in [0.15, 0.2) is 22.7 Å². The number of hydrazine groups is 1. The van der Waals surface area contributed by atoms with Crippen molar-refractivity contribution in [3.63, 3.8) is 0 Å². The van der Waals surface area contributed by atoms with Gasteiger partial charge in [0.1, 0.15) is 5.75 Å². The normalized spacial score (nSPS) is 9.92. The lowest BCUT2D eigenvalue weighted by Crippen LogP contribution is -2.20. The van der Waals surface area contributed by atoms with E-state index in [-0.39, 0.29) is 0 Å². The van der Waals surface area contributed by atoms with E-state index >= 15 is 0 Å². The van der Waals surface area contributed by atoms with E-state index in [1.54, 1.807) is 7.11 Å². The van der Waals surface area contributed by atoms with Crippen molar-refractivity contribution >= 4 is 15.9 Å². The first-order valence-corrected chi connectivity index (χ1v) is 4.33. The molecule has 1 aromatic carbocycles. The summed E-state index contributed by atoms with van der Waals surface area (Å²) >= 11 is 3.38. The minimum absolute atomic E-state index is 0.655. The van der Waals surface area contributed by atoms with Crippen LogP contribution in [0.2, 0.25) is 0 Å². The Balaban J connectivity index is 2.86. The Morgan fingerprint density at radius 1 is 1.58 bits per heavy atom. The highest BCUT2D eigenvalue weighted by Gasteiger charge is 1.99. The molecular weight excluding hydrogens is 220 g/mol. The number of nitrogens with two attached hydrogens (primary N) is 1. The lowest BCUT2D eigenvalue weighted by Gasteiger charge is -2.05. The molecule has 0 atom stereocenters. The van der Waals surface area contributed by atoms with Crippen LogP contribution in [-0.2, 0) is 6.54 Å². The van der Waals surface area contributed by atoms with Crippen LogP contribution in [0.4, 0.5) is 0 Å². The highest BCUT2D eigenvalue weighted by Crippen LogP contribution is 2.25. The van der Waals surface area contributed by atoms with Gasteiger partial charge >= 0.3 is 0 Å². The van der Waals surface area contributed by atoms with Crippen LogP contribution in [0, 0.1) is 0 Å². The standard InChI is InChI=1S/C8H11BrN2O/c1-12-8-3-2-6(5-11-10)4-7(8)9/h2-4,11H,5,10H2,1H3. The molecule has 3 N–H and O–H groups in total. The van der Waals surface area contributed by atoms with E-state index < -0.39 is 0 Å². The van der Waals surface area contributed by atoms with Gasteiger partial charge in [-0.15, -0.1) is 0 Å². The predicted molar refractivity (Wildman–Crippen MR) is 51.7 cm³/mol. The molecule has 0 amide bonds. The Kier molecular flexibility index (Phi) is 3.52. The zero-order chi connectivity index (χ0) is 8.97. The Bertz CT molecular complexity index is 265.